The normalized spacial score (nSPS) is 18.4. The number of hydrogen-bond acceptors (Lipinski definition) is 2. The van der Waals surface area contributed by atoms with E-state index in [0.717, 1.165) is 18.9 Å². The summed E-state index contributed by atoms with van der Waals surface area (Å²) in [6, 6.07) is 0. The van der Waals surface area contributed by atoms with Gasteiger partial charge in [-0.3, -0.25) is 9.69 Å². The molecule has 1 saturated heterocycles. The molecule has 3 heteroatoms. The summed E-state index contributed by atoms with van der Waals surface area (Å²) in [5, 5.41) is 0. The summed E-state index contributed by atoms with van der Waals surface area (Å²) < 4.78 is 0. The fourth-order valence-corrected chi connectivity index (χ4v) is 1.05. The van der Waals surface area contributed by atoms with E-state index < -0.39 is 0 Å². The Morgan fingerprint density at radius 1 is 1.60 bits per heavy atom. The summed E-state index contributed by atoms with van der Waals surface area (Å²) in [7, 11) is 1.94. The molecule has 1 aliphatic rings. The molecule has 1 heterocycles. The monoisotopic (exact) mass is 140 g/mol. The van der Waals surface area contributed by atoms with Gasteiger partial charge in [-0.2, -0.15) is 0 Å². The minimum absolute atomic E-state index is 0.0781. The minimum atomic E-state index is 0.0781. The van der Waals surface area contributed by atoms with Crippen molar-refractivity contribution in [3.8, 4) is 0 Å². The molecule has 0 aromatic heterocycles. The molecule has 1 aliphatic heterocycles. The van der Waals surface area contributed by atoms with E-state index in [1.54, 1.807) is 11.8 Å². The third kappa shape index (κ3) is 0.988. The van der Waals surface area contributed by atoms with Crippen molar-refractivity contribution in [2.45, 2.75) is 6.92 Å². The number of likely N-dealkylation sites (N-methyl/N-ethyl adjacent to an activating group) is 1. The standard InChI is InChI=1S/C7H12N2O/c1-6-8(3)4-5-9(6)7(2)10/h1,4-5H2,2-3H3. The molecule has 0 unspecified atom stereocenters. The molecule has 1 fully saturated rings. The largest absolute Gasteiger partial charge is 0.360 e. The van der Waals surface area contributed by atoms with Crippen LogP contribution in [-0.2, 0) is 4.79 Å². The van der Waals surface area contributed by atoms with Crippen LogP contribution in [0, 0.1) is 0 Å². The molecule has 10 heavy (non-hydrogen) atoms. The summed E-state index contributed by atoms with van der Waals surface area (Å²) in [6.07, 6.45) is 0. The summed E-state index contributed by atoms with van der Waals surface area (Å²) in [6.45, 7) is 7.01. The van der Waals surface area contributed by atoms with Crippen LogP contribution in [0.4, 0.5) is 0 Å². The lowest BCUT2D eigenvalue weighted by Crippen LogP contribution is -2.24. The first kappa shape index (κ1) is 7.12. The molecule has 0 aromatic carbocycles. The molecule has 1 rings (SSSR count). The number of rotatable bonds is 0. The van der Waals surface area contributed by atoms with Crippen molar-refractivity contribution >= 4 is 5.91 Å². The summed E-state index contributed by atoms with van der Waals surface area (Å²) in [4.78, 5) is 14.5. The second-order valence-electron chi connectivity index (χ2n) is 2.51. The van der Waals surface area contributed by atoms with Crippen molar-refractivity contribution in [2.24, 2.45) is 0 Å². The zero-order valence-electron chi connectivity index (χ0n) is 6.42. The Labute approximate surface area is 60.9 Å². The highest BCUT2D eigenvalue weighted by atomic mass is 16.2. The van der Waals surface area contributed by atoms with Crippen LogP contribution in [0.1, 0.15) is 6.92 Å². The van der Waals surface area contributed by atoms with Crippen molar-refractivity contribution in [2.75, 3.05) is 20.1 Å². The maximum atomic E-state index is 10.8. The van der Waals surface area contributed by atoms with Crippen LogP contribution in [0.5, 0.6) is 0 Å². The Balaban J connectivity index is 2.66. The lowest BCUT2D eigenvalue weighted by molar-refractivity contribution is -0.126. The average Bonchev–Trinajstić information content (AvgIpc) is 2.14. The van der Waals surface area contributed by atoms with Gasteiger partial charge in [0.1, 0.15) is 5.82 Å². The van der Waals surface area contributed by atoms with E-state index in [1.807, 2.05) is 11.9 Å². The number of carbonyl (C=O) groups excluding carboxylic acids is 1. The maximum absolute atomic E-state index is 10.8. The number of nitrogens with zero attached hydrogens (tertiary/aromatic N) is 2. The van der Waals surface area contributed by atoms with Gasteiger partial charge in [-0.05, 0) is 0 Å². The zero-order valence-corrected chi connectivity index (χ0v) is 6.42. The molecule has 0 spiro atoms. The predicted molar refractivity (Wildman–Crippen MR) is 39.2 cm³/mol. The first-order valence-corrected chi connectivity index (χ1v) is 3.31. The van der Waals surface area contributed by atoms with Crippen molar-refractivity contribution in [3.63, 3.8) is 0 Å². The molecule has 0 aliphatic carbocycles. The van der Waals surface area contributed by atoms with Gasteiger partial charge in [-0.1, -0.05) is 6.58 Å². The van der Waals surface area contributed by atoms with Gasteiger partial charge in [0.05, 0.1) is 0 Å². The Hall–Kier alpha value is -0.990. The van der Waals surface area contributed by atoms with Crippen molar-refractivity contribution in [3.05, 3.63) is 12.4 Å². The van der Waals surface area contributed by atoms with Gasteiger partial charge in [-0.25, -0.2) is 0 Å². The third-order valence-corrected chi connectivity index (χ3v) is 1.79. The van der Waals surface area contributed by atoms with Crippen LogP contribution in [0.2, 0.25) is 0 Å². The van der Waals surface area contributed by atoms with E-state index in [4.69, 9.17) is 0 Å². The van der Waals surface area contributed by atoms with E-state index in [0.29, 0.717) is 0 Å². The molecule has 0 aromatic rings. The quantitative estimate of drug-likeness (QED) is 0.481. The highest BCUT2D eigenvalue weighted by Crippen LogP contribution is 2.13. The van der Waals surface area contributed by atoms with Gasteiger partial charge in [0.2, 0.25) is 5.91 Å². The van der Waals surface area contributed by atoms with E-state index in [1.165, 1.54) is 0 Å². The van der Waals surface area contributed by atoms with Crippen LogP contribution in [0.25, 0.3) is 0 Å². The summed E-state index contributed by atoms with van der Waals surface area (Å²) in [5.41, 5.74) is 0. The summed E-state index contributed by atoms with van der Waals surface area (Å²) in [5.74, 6) is 0.891. The third-order valence-electron chi connectivity index (χ3n) is 1.79. The van der Waals surface area contributed by atoms with Crippen molar-refractivity contribution < 1.29 is 4.79 Å². The van der Waals surface area contributed by atoms with Gasteiger partial charge in [0.25, 0.3) is 0 Å². The molecule has 1 amide bonds. The molecule has 0 radical (unpaired) electrons. The number of carbonyl (C=O) groups is 1. The van der Waals surface area contributed by atoms with Gasteiger partial charge in [0, 0.05) is 27.1 Å². The first-order chi connectivity index (χ1) is 4.63. The van der Waals surface area contributed by atoms with E-state index in [-0.39, 0.29) is 5.91 Å². The lowest BCUT2D eigenvalue weighted by atomic mass is 10.5. The smallest absolute Gasteiger partial charge is 0.225 e. The predicted octanol–water partition coefficient (Wildman–Crippen LogP) is 0.252. The van der Waals surface area contributed by atoms with Crippen LogP contribution >= 0.6 is 0 Å². The fraction of sp³-hybridized carbons (Fsp3) is 0.571. The topological polar surface area (TPSA) is 23.6 Å². The second-order valence-corrected chi connectivity index (χ2v) is 2.51. The van der Waals surface area contributed by atoms with Gasteiger partial charge < -0.3 is 4.90 Å². The molecule has 0 bridgehead atoms. The first-order valence-electron chi connectivity index (χ1n) is 3.31. The van der Waals surface area contributed by atoms with Crippen LogP contribution in [-0.4, -0.2) is 35.8 Å². The molecule has 0 N–H and O–H groups in total. The highest BCUT2D eigenvalue weighted by Gasteiger charge is 2.22. The van der Waals surface area contributed by atoms with Crippen LogP contribution in [0.3, 0.4) is 0 Å². The van der Waals surface area contributed by atoms with Gasteiger partial charge in [-0.15, -0.1) is 0 Å². The Morgan fingerprint density at radius 3 is 2.40 bits per heavy atom. The SMILES string of the molecule is C=C1N(C)CCN1C(C)=O. The molecular formula is C7H12N2O. The van der Waals surface area contributed by atoms with Gasteiger partial charge in [0.15, 0.2) is 0 Å². The minimum Gasteiger partial charge on any atom is -0.360 e. The fourth-order valence-electron chi connectivity index (χ4n) is 1.05. The Morgan fingerprint density at radius 2 is 2.20 bits per heavy atom. The van der Waals surface area contributed by atoms with E-state index in [9.17, 15) is 4.79 Å². The Kier molecular flexibility index (Phi) is 1.66. The lowest BCUT2D eigenvalue weighted by Gasteiger charge is -2.16. The molecule has 0 saturated carbocycles. The summed E-state index contributed by atoms with van der Waals surface area (Å²) >= 11 is 0. The zero-order chi connectivity index (χ0) is 7.72. The maximum Gasteiger partial charge on any atom is 0.225 e. The second kappa shape index (κ2) is 2.33. The number of hydrogen-bond donors (Lipinski definition) is 0. The van der Waals surface area contributed by atoms with Crippen LogP contribution < -0.4 is 0 Å². The van der Waals surface area contributed by atoms with Crippen molar-refractivity contribution in [1.29, 1.82) is 0 Å². The van der Waals surface area contributed by atoms with E-state index >= 15 is 0 Å². The highest BCUT2D eigenvalue weighted by molar-refractivity contribution is 5.75. The van der Waals surface area contributed by atoms with E-state index in [2.05, 4.69) is 6.58 Å². The molecule has 0 atom stereocenters. The molecule has 3 nitrogen and oxygen atoms in total. The van der Waals surface area contributed by atoms with Gasteiger partial charge >= 0.3 is 0 Å². The Bertz CT molecular complexity index is 176. The van der Waals surface area contributed by atoms with Crippen LogP contribution in [0.15, 0.2) is 12.4 Å². The molecular weight excluding hydrogens is 128 g/mol. The number of amides is 1. The average molecular weight is 140 g/mol. The van der Waals surface area contributed by atoms with Crippen molar-refractivity contribution in [1.82, 2.24) is 9.80 Å². The molecule has 56 valence electrons.